The maximum absolute atomic E-state index is 12.8. The van der Waals surface area contributed by atoms with Gasteiger partial charge in [0.15, 0.2) is 0 Å². The summed E-state index contributed by atoms with van der Waals surface area (Å²) < 4.78 is 5.21. The Bertz CT molecular complexity index is 676. The maximum atomic E-state index is 12.8. The SMILES string of the molecule is COc1ccc(N2CCN(C(=O)C3CC3C(=O)NC3CCCC3)CC2)cc1. The minimum atomic E-state index is -0.0993. The Labute approximate surface area is 160 Å². The molecular formula is C21H29N3O3. The molecule has 4 rings (SSSR count). The minimum Gasteiger partial charge on any atom is -0.497 e. The molecule has 2 unspecified atom stereocenters. The average Bonchev–Trinajstić information content (AvgIpc) is 3.36. The van der Waals surface area contributed by atoms with E-state index in [-0.39, 0.29) is 23.7 Å². The van der Waals surface area contributed by atoms with Gasteiger partial charge in [-0.3, -0.25) is 9.59 Å². The van der Waals surface area contributed by atoms with Gasteiger partial charge >= 0.3 is 0 Å². The van der Waals surface area contributed by atoms with Crippen molar-refractivity contribution in [1.29, 1.82) is 0 Å². The van der Waals surface area contributed by atoms with Crippen LogP contribution in [-0.2, 0) is 9.59 Å². The van der Waals surface area contributed by atoms with Gasteiger partial charge < -0.3 is 19.9 Å². The number of nitrogens with one attached hydrogen (secondary N) is 1. The summed E-state index contributed by atoms with van der Waals surface area (Å²) in [5, 5.41) is 3.14. The molecule has 0 bridgehead atoms. The first-order valence-electron chi connectivity index (χ1n) is 10.1. The topological polar surface area (TPSA) is 61.9 Å². The smallest absolute Gasteiger partial charge is 0.226 e. The zero-order valence-corrected chi connectivity index (χ0v) is 16.0. The van der Waals surface area contributed by atoms with Crippen LogP contribution in [0.4, 0.5) is 5.69 Å². The van der Waals surface area contributed by atoms with Gasteiger partial charge in [-0.05, 0) is 43.5 Å². The second-order valence-corrected chi connectivity index (χ2v) is 7.95. The molecule has 0 spiro atoms. The highest BCUT2D eigenvalue weighted by Gasteiger charge is 2.50. The quantitative estimate of drug-likeness (QED) is 0.860. The van der Waals surface area contributed by atoms with Crippen molar-refractivity contribution in [1.82, 2.24) is 10.2 Å². The number of benzene rings is 1. The molecule has 2 saturated carbocycles. The fourth-order valence-electron chi connectivity index (χ4n) is 4.35. The summed E-state index contributed by atoms with van der Waals surface area (Å²) in [6.07, 6.45) is 5.30. The van der Waals surface area contributed by atoms with Crippen molar-refractivity contribution in [2.45, 2.75) is 38.1 Å². The second-order valence-electron chi connectivity index (χ2n) is 7.95. The third kappa shape index (κ3) is 4.04. The monoisotopic (exact) mass is 371 g/mol. The molecule has 2 atom stereocenters. The normalized spacial score (nSPS) is 25.4. The van der Waals surface area contributed by atoms with E-state index in [1.165, 1.54) is 12.8 Å². The van der Waals surface area contributed by atoms with Crippen LogP contribution in [0.25, 0.3) is 0 Å². The van der Waals surface area contributed by atoms with Gasteiger partial charge in [0, 0.05) is 37.9 Å². The molecule has 1 aromatic carbocycles. The Kier molecular flexibility index (Phi) is 5.23. The zero-order chi connectivity index (χ0) is 18.8. The number of hydrogen-bond acceptors (Lipinski definition) is 4. The summed E-state index contributed by atoms with van der Waals surface area (Å²) in [5.74, 6) is 0.910. The van der Waals surface area contributed by atoms with E-state index >= 15 is 0 Å². The molecule has 2 aliphatic carbocycles. The van der Waals surface area contributed by atoms with Gasteiger partial charge in [-0.1, -0.05) is 12.8 Å². The standard InChI is InChI=1S/C21H29N3O3/c1-27-17-8-6-16(7-9-17)23-10-12-24(13-11-23)21(26)19-14-18(19)20(25)22-15-4-2-3-5-15/h6-9,15,18-19H,2-5,10-14H2,1H3,(H,22,25). The second kappa shape index (κ2) is 7.79. The van der Waals surface area contributed by atoms with Crippen LogP contribution in [0.5, 0.6) is 5.75 Å². The van der Waals surface area contributed by atoms with Crippen LogP contribution in [0.1, 0.15) is 32.1 Å². The van der Waals surface area contributed by atoms with E-state index in [0.717, 1.165) is 56.9 Å². The van der Waals surface area contributed by atoms with E-state index in [1.807, 2.05) is 17.0 Å². The highest BCUT2D eigenvalue weighted by atomic mass is 16.5. The first-order chi connectivity index (χ1) is 13.2. The first-order valence-corrected chi connectivity index (χ1v) is 10.1. The Morgan fingerprint density at radius 2 is 1.67 bits per heavy atom. The van der Waals surface area contributed by atoms with E-state index in [4.69, 9.17) is 4.74 Å². The molecule has 27 heavy (non-hydrogen) atoms. The van der Waals surface area contributed by atoms with Gasteiger partial charge in [0.05, 0.1) is 18.9 Å². The third-order valence-electron chi connectivity index (χ3n) is 6.17. The summed E-state index contributed by atoms with van der Waals surface area (Å²) in [6.45, 7) is 3.09. The molecule has 146 valence electrons. The van der Waals surface area contributed by atoms with Crippen molar-refractivity contribution >= 4 is 17.5 Å². The molecule has 1 aliphatic heterocycles. The number of hydrogen-bond donors (Lipinski definition) is 1. The molecule has 3 fully saturated rings. The van der Waals surface area contributed by atoms with E-state index in [2.05, 4.69) is 22.3 Å². The first kappa shape index (κ1) is 18.1. The molecular weight excluding hydrogens is 342 g/mol. The summed E-state index contributed by atoms with van der Waals surface area (Å²) in [7, 11) is 1.67. The Hall–Kier alpha value is -2.24. The number of piperazine rings is 1. The van der Waals surface area contributed by atoms with Gasteiger partial charge in [-0.15, -0.1) is 0 Å². The summed E-state index contributed by atoms with van der Waals surface area (Å²) in [5.41, 5.74) is 1.16. The van der Waals surface area contributed by atoms with Gasteiger partial charge in [0.1, 0.15) is 5.75 Å². The lowest BCUT2D eigenvalue weighted by Gasteiger charge is -2.36. The van der Waals surface area contributed by atoms with Gasteiger partial charge in [-0.25, -0.2) is 0 Å². The molecule has 1 heterocycles. The largest absolute Gasteiger partial charge is 0.497 e. The van der Waals surface area contributed by atoms with Crippen molar-refractivity contribution in [3.05, 3.63) is 24.3 Å². The Morgan fingerprint density at radius 1 is 1.00 bits per heavy atom. The van der Waals surface area contributed by atoms with Crippen molar-refractivity contribution in [3.63, 3.8) is 0 Å². The number of carbonyl (C=O) groups excluding carboxylic acids is 2. The molecule has 0 aromatic heterocycles. The predicted octanol–water partition coefficient (Wildman–Crippen LogP) is 2.04. The summed E-state index contributed by atoms with van der Waals surface area (Å²) in [6, 6.07) is 8.37. The number of anilines is 1. The van der Waals surface area contributed by atoms with Crippen molar-refractivity contribution < 1.29 is 14.3 Å². The lowest BCUT2D eigenvalue weighted by atomic mass is 10.2. The molecule has 1 saturated heterocycles. The Morgan fingerprint density at radius 3 is 2.30 bits per heavy atom. The number of carbonyl (C=O) groups is 2. The van der Waals surface area contributed by atoms with Gasteiger partial charge in [0.2, 0.25) is 11.8 Å². The molecule has 0 radical (unpaired) electrons. The van der Waals surface area contributed by atoms with Crippen LogP contribution in [-0.4, -0.2) is 56.0 Å². The highest BCUT2D eigenvalue weighted by Crippen LogP contribution is 2.40. The van der Waals surface area contributed by atoms with Crippen molar-refractivity contribution in [2.24, 2.45) is 11.8 Å². The molecule has 6 nitrogen and oxygen atoms in total. The van der Waals surface area contributed by atoms with E-state index in [0.29, 0.717) is 6.04 Å². The van der Waals surface area contributed by atoms with Crippen molar-refractivity contribution in [2.75, 3.05) is 38.2 Å². The van der Waals surface area contributed by atoms with Crippen LogP contribution in [0.2, 0.25) is 0 Å². The summed E-state index contributed by atoms with van der Waals surface area (Å²) >= 11 is 0. The van der Waals surface area contributed by atoms with Gasteiger partial charge in [0.25, 0.3) is 0 Å². The average molecular weight is 371 g/mol. The Balaban J connectivity index is 1.24. The fourth-order valence-corrected chi connectivity index (χ4v) is 4.35. The number of amides is 2. The number of ether oxygens (including phenoxy) is 1. The number of nitrogens with zero attached hydrogens (tertiary/aromatic N) is 2. The fraction of sp³-hybridized carbons (Fsp3) is 0.619. The minimum absolute atomic E-state index is 0.0946. The van der Waals surface area contributed by atoms with E-state index in [1.54, 1.807) is 7.11 Å². The van der Waals surface area contributed by atoms with Crippen molar-refractivity contribution in [3.8, 4) is 5.75 Å². The zero-order valence-electron chi connectivity index (χ0n) is 16.0. The van der Waals surface area contributed by atoms with Crippen LogP contribution in [0, 0.1) is 11.8 Å². The van der Waals surface area contributed by atoms with Gasteiger partial charge in [-0.2, -0.15) is 0 Å². The molecule has 3 aliphatic rings. The van der Waals surface area contributed by atoms with Crippen LogP contribution in [0.15, 0.2) is 24.3 Å². The molecule has 1 aromatic rings. The molecule has 2 amide bonds. The third-order valence-corrected chi connectivity index (χ3v) is 6.17. The van der Waals surface area contributed by atoms with Crippen LogP contribution in [0.3, 0.4) is 0 Å². The number of methoxy groups -OCH3 is 1. The van der Waals surface area contributed by atoms with Crippen LogP contribution < -0.4 is 15.0 Å². The maximum Gasteiger partial charge on any atom is 0.226 e. The molecule has 1 N–H and O–H groups in total. The molecule has 6 heteroatoms. The highest BCUT2D eigenvalue weighted by molar-refractivity contribution is 5.92. The number of rotatable bonds is 5. The lowest BCUT2D eigenvalue weighted by Crippen LogP contribution is -2.49. The van der Waals surface area contributed by atoms with E-state index < -0.39 is 0 Å². The predicted molar refractivity (Wildman–Crippen MR) is 104 cm³/mol. The van der Waals surface area contributed by atoms with E-state index in [9.17, 15) is 9.59 Å². The lowest BCUT2D eigenvalue weighted by molar-refractivity contribution is -0.135. The summed E-state index contributed by atoms with van der Waals surface area (Å²) in [4.78, 5) is 29.3. The van der Waals surface area contributed by atoms with Crippen LogP contribution >= 0.6 is 0 Å².